The number of hydrogen-bond acceptors (Lipinski definition) is 3. The second-order valence-corrected chi connectivity index (χ2v) is 5.46. The van der Waals surface area contributed by atoms with Crippen LogP contribution in [0, 0.1) is 5.41 Å². The van der Waals surface area contributed by atoms with Gasteiger partial charge < -0.3 is 15.3 Å². The first-order chi connectivity index (χ1) is 8.68. The number of carboxylic acid groups (broad SMARTS) is 1. The number of carbonyl (C=O) groups excluding carboxylic acids is 2. The number of nitrogens with zero attached hydrogens (tertiary/aromatic N) is 1. The summed E-state index contributed by atoms with van der Waals surface area (Å²) in [6.07, 6.45) is 0.822. The number of aliphatic carboxylic acids is 1. The van der Waals surface area contributed by atoms with E-state index >= 15 is 0 Å². The molecule has 0 bridgehead atoms. The molecule has 0 aromatic rings. The lowest BCUT2D eigenvalue weighted by Crippen LogP contribution is -2.40. The molecule has 0 aromatic heterocycles. The van der Waals surface area contributed by atoms with Gasteiger partial charge in [-0.15, -0.1) is 0 Å². The molecule has 0 saturated heterocycles. The molecular formula is C13H24N2O4. The molecule has 2 N–H and O–H groups in total. The first kappa shape index (κ1) is 17.4. The zero-order chi connectivity index (χ0) is 15.1. The van der Waals surface area contributed by atoms with Crippen LogP contribution in [0.15, 0.2) is 0 Å². The van der Waals surface area contributed by atoms with Crippen molar-refractivity contribution in [2.24, 2.45) is 5.41 Å². The molecule has 0 heterocycles. The maximum Gasteiger partial charge on any atom is 0.323 e. The van der Waals surface area contributed by atoms with Gasteiger partial charge in [-0.1, -0.05) is 27.7 Å². The van der Waals surface area contributed by atoms with Crippen LogP contribution in [0.25, 0.3) is 0 Å². The van der Waals surface area contributed by atoms with Gasteiger partial charge in [0.05, 0.1) is 0 Å². The Labute approximate surface area is 114 Å². The Kier molecular flexibility index (Phi) is 7.11. The van der Waals surface area contributed by atoms with Crippen LogP contribution in [-0.2, 0) is 14.4 Å². The van der Waals surface area contributed by atoms with Crippen molar-refractivity contribution in [3.05, 3.63) is 0 Å². The highest BCUT2D eigenvalue weighted by molar-refractivity contribution is 5.83. The van der Waals surface area contributed by atoms with Gasteiger partial charge in [-0.25, -0.2) is 0 Å². The smallest absolute Gasteiger partial charge is 0.323 e. The Hall–Kier alpha value is -1.59. The molecule has 0 aliphatic heterocycles. The van der Waals surface area contributed by atoms with E-state index in [2.05, 4.69) is 5.32 Å². The molecule has 6 heteroatoms. The minimum Gasteiger partial charge on any atom is -0.480 e. The topological polar surface area (TPSA) is 86.7 Å². The van der Waals surface area contributed by atoms with E-state index in [0.29, 0.717) is 13.0 Å². The summed E-state index contributed by atoms with van der Waals surface area (Å²) in [7, 11) is 0. The summed E-state index contributed by atoms with van der Waals surface area (Å²) in [5.41, 5.74) is -0.493. The lowest BCUT2D eigenvalue weighted by molar-refractivity contribution is -0.144. The molecular weight excluding hydrogens is 248 g/mol. The van der Waals surface area contributed by atoms with Crippen molar-refractivity contribution in [2.45, 2.75) is 40.5 Å². The Morgan fingerprint density at radius 2 is 1.79 bits per heavy atom. The van der Waals surface area contributed by atoms with Gasteiger partial charge in [0.15, 0.2) is 0 Å². The van der Waals surface area contributed by atoms with E-state index in [0.717, 1.165) is 0 Å². The summed E-state index contributed by atoms with van der Waals surface area (Å²) in [5.74, 6) is -1.40. The highest BCUT2D eigenvalue weighted by atomic mass is 16.4. The highest BCUT2D eigenvalue weighted by Crippen LogP contribution is 2.12. The van der Waals surface area contributed by atoms with Crippen molar-refractivity contribution in [1.82, 2.24) is 10.2 Å². The first-order valence-corrected chi connectivity index (χ1v) is 6.46. The van der Waals surface area contributed by atoms with Crippen LogP contribution in [-0.4, -0.2) is 47.4 Å². The number of amides is 2. The van der Waals surface area contributed by atoms with E-state index < -0.39 is 11.4 Å². The first-order valence-electron chi connectivity index (χ1n) is 6.46. The van der Waals surface area contributed by atoms with Gasteiger partial charge >= 0.3 is 5.97 Å². The van der Waals surface area contributed by atoms with Gasteiger partial charge in [-0.3, -0.25) is 14.4 Å². The third-order valence-electron chi connectivity index (χ3n) is 2.48. The molecule has 19 heavy (non-hydrogen) atoms. The van der Waals surface area contributed by atoms with Gasteiger partial charge in [0.1, 0.15) is 6.54 Å². The third kappa shape index (κ3) is 7.43. The van der Waals surface area contributed by atoms with Crippen LogP contribution in [0.1, 0.15) is 40.5 Å². The normalized spacial score (nSPS) is 10.9. The molecule has 0 saturated carbocycles. The largest absolute Gasteiger partial charge is 0.480 e. The fourth-order valence-corrected chi connectivity index (χ4v) is 1.43. The van der Waals surface area contributed by atoms with Gasteiger partial charge in [0.2, 0.25) is 11.8 Å². The second-order valence-electron chi connectivity index (χ2n) is 5.46. The summed E-state index contributed by atoms with van der Waals surface area (Å²) < 4.78 is 0. The van der Waals surface area contributed by atoms with Crippen molar-refractivity contribution in [3.8, 4) is 0 Å². The van der Waals surface area contributed by atoms with Gasteiger partial charge in [-0.05, 0) is 6.42 Å². The predicted octanol–water partition coefficient (Wildman–Crippen LogP) is 0.862. The Morgan fingerprint density at radius 1 is 1.21 bits per heavy atom. The average Bonchev–Trinajstić information content (AvgIpc) is 2.26. The minimum atomic E-state index is -1.03. The lowest BCUT2D eigenvalue weighted by atomic mass is 9.96. The van der Waals surface area contributed by atoms with Crippen LogP contribution < -0.4 is 5.32 Å². The molecule has 0 radical (unpaired) electrons. The molecule has 0 aliphatic rings. The van der Waals surface area contributed by atoms with Crippen molar-refractivity contribution in [3.63, 3.8) is 0 Å². The van der Waals surface area contributed by atoms with Crippen LogP contribution >= 0.6 is 0 Å². The number of nitrogens with one attached hydrogen (secondary N) is 1. The van der Waals surface area contributed by atoms with Crippen molar-refractivity contribution in [2.75, 3.05) is 19.6 Å². The van der Waals surface area contributed by atoms with Crippen LogP contribution in [0.2, 0.25) is 0 Å². The summed E-state index contributed by atoms with van der Waals surface area (Å²) in [6, 6.07) is 0. The fourth-order valence-electron chi connectivity index (χ4n) is 1.43. The van der Waals surface area contributed by atoms with E-state index in [1.165, 1.54) is 4.90 Å². The standard InChI is InChI=1S/C13H24N2O4/c1-5-8-15(9-11(17)18)10(16)6-7-14-12(19)13(2,3)4/h5-9H2,1-4H3,(H,14,19)(H,17,18). The van der Waals surface area contributed by atoms with E-state index in [-0.39, 0.29) is 31.3 Å². The number of carboxylic acids is 1. The molecule has 0 unspecified atom stereocenters. The summed E-state index contributed by atoms with van der Waals surface area (Å²) in [5, 5.41) is 11.4. The second kappa shape index (κ2) is 7.76. The van der Waals surface area contributed by atoms with Gasteiger partial charge in [-0.2, -0.15) is 0 Å². The van der Waals surface area contributed by atoms with E-state index in [1.807, 2.05) is 6.92 Å². The summed E-state index contributed by atoms with van der Waals surface area (Å²) >= 11 is 0. The van der Waals surface area contributed by atoms with E-state index in [1.54, 1.807) is 20.8 Å². The van der Waals surface area contributed by atoms with Crippen molar-refractivity contribution >= 4 is 17.8 Å². The number of rotatable bonds is 7. The lowest BCUT2D eigenvalue weighted by Gasteiger charge is -2.21. The molecule has 110 valence electrons. The minimum absolute atomic E-state index is 0.120. The number of carbonyl (C=O) groups is 3. The summed E-state index contributed by atoms with van der Waals surface area (Å²) in [6.45, 7) is 7.60. The molecule has 0 atom stereocenters. The number of hydrogen-bond donors (Lipinski definition) is 2. The Bertz CT molecular complexity index is 334. The third-order valence-corrected chi connectivity index (χ3v) is 2.48. The molecule has 6 nitrogen and oxygen atoms in total. The van der Waals surface area contributed by atoms with E-state index in [4.69, 9.17) is 5.11 Å². The zero-order valence-electron chi connectivity index (χ0n) is 12.2. The molecule has 2 amide bonds. The van der Waals surface area contributed by atoms with Gasteiger partial charge in [0, 0.05) is 24.9 Å². The van der Waals surface area contributed by atoms with Crippen molar-refractivity contribution in [1.29, 1.82) is 0 Å². The van der Waals surface area contributed by atoms with Crippen LogP contribution in [0.3, 0.4) is 0 Å². The SMILES string of the molecule is CCCN(CC(=O)O)C(=O)CCNC(=O)C(C)(C)C. The fraction of sp³-hybridized carbons (Fsp3) is 0.769. The van der Waals surface area contributed by atoms with Gasteiger partial charge in [0.25, 0.3) is 0 Å². The quantitative estimate of drug-likeness (QED) is 0.719. The highest BCUT2D eigenvalue weighted by Gasteiger charge is 2.21. The monoisotopic (exact) mass is 272 g/mol. The summed E-state index contributed by atoms with van der Waals surface area (Å²) in [4.78, 5) is 35.3. The van der Waals surface area contributed by atoms with Crippen LogP contribution in [0.4, 0.5) is 0 Å². The maximum absolute atomic E-state index is 11.8. The average molecular weight is 272 g/mol. The zero-order valence-corrected chi connectivity index (χ0v) is 12.2. The Morgan fingerprint density at radius 3 is 2.21 bits per heavy atom. The van der Waals surface area contributed by atoms with Crippen molar-refractivity contribution < 1.29 is 19.5 Å². The van der Waals surface area contributed by atoms with E-state index in [9.17, 15) is 14.4 Å². The predicted molar refractivity (Wildman–Crippen MR) is 71.6 cm³/mol. The maximum atomic E-state index is 11.8. The molecule has 0 spiro atoms. The molecule has 0 aromatic carbocycles. The molecule has 0 aliphatic carbocycles. The Balaban J connectivity index is 4.20. The van der Waals surface area contributed by atoms with Crippen LogP contribution in [0.5, 0.6) is 0 Å². The molecule has 0 rings (SSSR count). The molecule has 0 fully saturated rings.